The Morgan fingerprint density at radius 3 is 2.95 bits per heavy atom. The number of nitrogens with one attached hydrogen (secondary N) is 2. The first-order valence-corrected chi connectivity index (χ1v) is 7.55. The number of carbonyl (C=O) groups is 1. The maximum atomic E-state index is 11.6. The summed E-state index contributed by atoms with van der Waals surface area (Å²) in [4.78, 5) is 15.8. The van der Waals surface area contributed by atoms with Crippen molar-refractivity contribution >= 4 is 23.5 Å². The lowest BCUT2D eigenvalue weighted by Crippen LogP contribution is -2.28. The van der Waals surface area contributed by atoms with E-state index < -0.39 is 0 Å². The molecule has 0 fully saturated rings. The molecule has 0 aliphatic carbocycles. The Labute approximate surface area is 128 Å². The van der Waals surface area contributed by atoms with Crippen LogP contribution in [0, 0.1) is 0 Å². The molecule has 2 N–H and O–H groups in total. The average Bonchev–Trinajstić information content (AvgIpc) is 2.52. The third-order valence-electron chi connectivity index (χ3n) is 2.62. The van der Waals surface area contributed by atoms with Crippen LogP contribution in [-0.4, -0.2) is 17.6 Å². The number of rotatable bonds is 6. The summed E-state index contributed by atoms with van der Waals surface area (Å²) in [5.74, 6) is 0.806. The number of nitrogens with zero attached hydrogens (tertiary/aromatic N) is 1. The molecule has 1 aromatic heterocycles. The van der Waals surface area contributed by atoms with Crippen molar-refractivity contribution in [3.05, 3.63) is 66.9 Å². The van der Waals surface area contributed by atoms with Crippen LogP contribution in [0.15, 0.2) is 66.3 Å². The normalized spacial score (nSPS) is 9.90. The van der Waals surface area contributed by atoms with Gasteiger partial charge in [-0.1, -0.05) is 24.3 Å². The van der Waals surface area contributed by atoms with Gasteiger partial charge in [-0.3, -0.25) is 0 Å². The Hall–Kier alpha value is -2.27. The summed E-state index contributed by atoms with van der Waals surface area (Å²) in [6, 6.07) is 13.4. The number of aromatic nitrogens is 1. The zero-order valence-corrected chi connectivity index (χ0v) is 12.4. The summed E-state index contributed by atoms with van der Waals surface area (Å²) >= 11 is 1.66. The minimum absolute atomic E-state index is 0.232. The van der Waals surface area contributed by atoms with E-state index in [0.29, 0.717) is 6.54 Å². The molecule has 0 spiro atoms. The summed E-state index contributed by atoms with van der Waals surface area (Å²) in [6.45, 7) is 4.00. The highest BCUT2D eigenvalue weighted by Gasteiger charge is 2.02. The molecule has 1 heterocycles. The summed E-state index contributed by atoms with van der Waals surface area (Å²) in [5, 5.41) is 6.45. The van der Waals surface area contributed by atoms with Gasteiger partial charge in [0.2, 0.25) is 0 Å². The van der Waals surface area contributed by atoms with Crippen molar-refractivity contribution in [1.29, 1.82) is 0 Å². The van der Waals surface area contributed by atoms with Crippen LogP contribution in [-0.2, 0) is 5.75 Å². The molecule has 0 saturated heterocycles. The zero-order valence-electron chi connectivity index (χ0n) is 11.6. The molecule has 1 aromatic carbocycles. The molecule has 0 saturated carbocycles. The second-order valence-corrected chi connectivity index (χ2v) is 5.28. The number of carbonyl (C=O) groups excluding carboxylic acids is 1. The van der Waals surface area contributed by atoms with Crippen LogP contribution in [0.4, 0.5) is 10.5 Å². The predicted molar refractivity (Wildman–Crippen MR) is 87.5 cm³/mol. The fourth-order valence-electron chi connectivity index (χ4n) is 1.67. The van der Waals surface area contributed by atoms with E-state index in [-0.39, 0.29) is 6.03 Å². The van der Waals surface area contributed by atoms with Crippen molar-refractivity contribution in [2.24, 2.45) is 0 Å². The van der Waals surface area contributed by atoms with E-state index in [2.05, 4.69) is 22.2 Å². The Morgan fingerprint density at radius 2 is 2.19 bits per heavy atom. The summed E-state index contributed by atoms with van der Waals surface area (Å²) in [5.41, 5.74) is 1.91. The minimum atomic E-state index is -0.232. The quantitative estimate of drug-likeness (QED) is 0.632. The average molecular weight is 299 g/mol. The summed E-state index contributed by atoms with van der Waals surface area (Å²) in [7, 11) is 0. The molecule has 0 aliphatic heterocycles. The number of anilines is 1. The van der Waals surface area contributed by atoms with E-state index in [1.165, 1.54) is 0 Å². The van der Waals surface area contributed by atoms with Crippen LogP contribution in [0.1, 0.15) is 5.56 Å². The van der Waals surface area contributed by atoms with Gasteiger partial charge in [0.25, 0.3) is 0 Å². The Bertz CT molecular complexity index is 601. The Kier molecular flexibility index (Phi) is 5.84. The standard InChI is InChI=1S/C16H17N3OS/c1-2-9-18-16(20)19-14-7-5-6-13(11-14)12-21-15-8-3-4-10-17-15/h2-8,10-11H,1,9,12H2,(H2,18,19,20). The minimum Gasteiger partial charge on any atom is -0.334 e. The first kappa shape index (κ1) is 15.1. The van der Waals surface area contributed by atoms with Gasteiger partial charge >= 0.3 is 6.03 Å². The van der Waals surface area contributed by atoms with E-state index in [0.717, 1.165) is 22.0 Å². The third-order valence-corrected chi connectivity index (χ3v) is 3.63. The van der Waals surface area contributed by atoms with Crippen LogP contribution in [0.2, 0.25) is 0 Å². The molecule has 5 heteroatoms. The lowest BCUT2D eigenvalue weighted by molar-refractivity contribution is 0.253. The second kappa shape index (κ2) is 8.11. The van der Waals surface area contributed by atoms with Crippen molar-refractivity contribution in [3.8, 4) is 0 Å². The van der Waals surface area contributed by atoms with E-state index in [1.54, 1.807) is 24.0 Å². The number of hydrogen-bond acceptors (Lipinski definition) is 3. The van der Waals surface area contributed by atoms with Crippen molar-refractivity contribution in [3.63, 3.8) is 0 Å². The van der Waals surface area contributed by atoms with Gasteiger partial charge in [-0.15, -0.1) is 18.3 Å². The van der Waals surface area contributed by atoms with E-state index >= 15 is 0 Å². The number of amides is 2. The topological polar surface area (TPSA) is 54.0 Å². The van der Waals surface area contributed by atoms with Crippen LogP contribution in [0.25, 0.3) is 0 Å². The van der Waals surface area contributed by atoms with Gasteiger partial charge in [0.05, 0.1) is 5.03 Å². The fourth-order valence-corrected chi connectivity index (χ4v) is 2.47. The number of urea groups is 1. The molecule has 2 amide bonds. The molecule has 0 atom stereocenters. The maximum Gasteiger partial charge on any atom is 0.319 e. The molecular formula is C16H17N3OS. The highest BCUT2D eigenvalue weighted by molar-refractivity contribution is 7.98. The van der Waals surface area contributed by atoms with Crippen molar-refractivity contribution in [1.82, 2.24) is 10.3 Å². The summed E-state index contributed by atoms with van der Waals surface area (Å²) < 4.78 is 0. The first-order valence-electron chi connectivity index (χ1n) is 6.56. The SMILES string of the molecule is C=CCNC(=O)Nc1cccc(CSc2ccccn2)c1. The third kappa shape index (κ3) is 5.31. The number of thioether (sulfide) groups is 1. The Balaban J connectivity index is 1.91. The van der Waals surface area contributed by atoms with Crippen molar-refractivity contribution in [2.75, 3.05) is 11.9 Å². The highest BCUT2D eigenvalue weighted by atomic mass is 32.2. The molecular weight excluding hydrogens is 282 g/mol. The smallest absolute Gasteiger partial charge is 0.319 e. The molecule has 4 nitrogen and oxygen atoms in total. The number of hydrogen-bond donors (Lipinski definition) is 2. The number of pyridine rings is 1. The van der Waals surface area contributed by atoms with Crippen molar-refractivity contribution < 1.29 is 4.79 Å². The molecule has 2 aromatic rings. The lowest BCUT2D eigenvalue weighted by atomic mass is 10.2. The van der Waals surface area contributed by atoms with Gasteiger partial charge in [0.15, 0.2) is 0 Å². The monoisotopic (exact) mass is 299 g/mol. The van der Waals surface area contributed by atoms with Gasteiger partial charge in [0.1, 0.15) is 0 Å². The molecule has 21 heavy (non-hydrogen) atoms. The zero-order chi connectivity index (χ0) is 14.9. The largest absolute Gasteiger partial charge is 0.334 e. The van der Waals surface area contributed by atoms with Gasteiger partial charge in [0, 0.05) is 24.2 Å². The van der Waals surface area contributed by atoms with Gasteiger partial charge < -0.3 is 10.6 Å². The molecule has 108 valence electrons. The molecule has 0 aliphatic rings. The first-order chi connectivity index (χ1) is 10.3. The second-order valence-electron chi connectivity index (χ2n) is 4.28. The van der Waals surface area contributed by atoms with E-state index in [4.69, 9.17) is 0 Å². The Morgan fingerprint density at radius 1 is 1.29 bits per heavy atom. The van der Waals surface area contributed by atoms with Crippen LogP contribution < -0.4 is 10.6 Å². The lowest BCUT2D eigenvalue weighted by Gasteiger charge is -2.08. The van der Waals surface area contributed by atoms with E-state index in [1.807, 2.05) is 42.5 Å². The van der Waals surface area contributed by atoms with Gasteiger partial charge in [-0.25, -0.2) is 9.78 Å². The van der Waals surface area contributed by atoms with Crippen LogP contribution >= 0.6 is 11.8 Å². The fraction of sp³-hybridized carbons (Fsp3) is 0.125. The maximum absolute atomic E-state index is 11.6. The predicted octanol–water partition coefficient (Wildman–Crippen LogP) is 3.68. The molecule has 0 unspecified atom stereocenters. The van der Waals surface area contributed by atoms with Crippen molar-refractivity contribution in [2.45, 2.75) is 10.8 Å². The van der Waals surface area contributed by atoms with Gasteiger partial charge in [-0.05, 0) is 29.8 Å². The van der Waals surface area contributed by atoms with Gasteiger partial charge in [-0.2, -0.15) is 0 Å². The molecule has 0 bridgehead atoms. The van der Waals surface area contributed by atoms with Crippen LogP contribution in [0.5, 0.6) is 0 Å². The van der Waals surface area contributed by atoms with E-state index in [9.17, 15) is 4.79 Å². The highest BCUT2D eigenvalue weighted by Crippen LogP contribution is 2.21. The summed E-state index contributed by atoms with van der Waals surface area (Å²) in [6.07, 6.45) is 3.42. The van der Waals surface area contributed by atoms with Crippen LogP contribution in [0.3, 0.4) is 0 Å². The molecule has 0 radical (unpaired) electrons. The molecule has 2 rings (SSSR count). The number of benzene rings is 1.